The predicted molar refractivity (Wildman–Crippen MR) is 125 cm³/mol. The Bertz CT molecular complexity index is 757. The lowest BCUT2D eigenvalue weighted by Gasteiger charge is -2.14. The standard InChI is InChI=1S/C19H32N6S.HI/c1-8-20-18(22-11-15-13(2)24-25(7)14(15)3)21-10-9-17-23-16(12-26-17)19(4,5)6;/h12H,8-11H2,1-7H3,(H2,20,21,22);1H. The van der Waals surface area contributed by atoms with E-state index in [-0.39, 0.29) is 29.4 Å². The Labute approximate surface area is 184 Å². The van der Waals surface area contributed by atoms with Crippen LogP contribution in [0.2, 0.25) is 0 Å². The minimum Gasteiger partial charge on any atom is -0.357 e. The van der Waals surface area contributed by atoms with E-state index in [9.17, 15) is 0 Å². The van der Waals surface area contributed by atoms with Crippen molar-refractivity contribution in [3.05, 3.63) is 33.0 Å². The summed E-state index contributed by atoms with van der Waals surface area (Å²) in [7, 11) is 1.97. The van der Waals surface area contributed by atoms with E-state index in [2.05, 4.69) is 55.7 Å². The Kier molecular flexibility index (Phi) is 9.20. The molecule has 0 aliphatic carbocycles. The summed E-state index contributed by atoms with van der Waals surface area (Å²) in [5, 5.41) is 14.5. The van der Waals surface area contributed by atoms with Crippen molar-refractivity contribution in [3.63, 3.8) is 0 Å². The van der Waals surface area contributed by atoms with Crippen LogP contribution < -0.4 is 10.6 Å². The molecule has 152 valence electrons. The second-order valence-electron chi connectivity index (χ2n) is 7.52. The largest absolute Gasteiger partial charge is 0.357 e. The van der Waals surface area contributed by atoms with Gasteiger partial charge in [0, 0.05) is 48.6 Å². The Hall–Kier alpha value is -1.16. The molecule has 27 heavy (non-hydrogen) atoms. The number of hydrogen-bond acceptors (Lipinski definition) is 4. The molecule has 0 aliphatic heterocycles. The van der Waals surface area contributed by atoms with Gasteiger partial charge in [0.15, 0.2) is 5.96 Å². The van der Waals surface area contributed by atoms with Crippen LogP contribution in [0.4, 0.5) is 0 Å². The second kappa shape index (κ2) is 10.4. The number of guanidine groups is 1. The van der Waals surface area contributed by atoms with Crippen molar-refractivity contribution < 1.29 is 0 Å². The van der Waals surface area contributed by atoms with Gasteiger partial charge in [-0.2, -0.15) is 5.10 Å². The van der Waals surface area contributed by atoms with Crippen molar-refractivity contribution in [2.45, 2.75) is 59.9 Å². The highest BCUT2D eigenvalue weighted by molar-refractivity contribution is 14.0. The van der Waals surface area contributed by atoms with Crippen molar-refractivity contribution in [2.24, 2.45) is 12.0 Å². The molecule has 0 fully saturated rings. The van der Waals surface area contributed by atoms with Gasteiger partial charge in [-0.3, -0.25) is 4.68 Å². The molecule has 0 bridgehead atoms. The van der Waals surface area contributed by atoms with Crippen LogP contribution in [0.5, 0.6) is 0 Å². The predicted octanol–water partition coefficient (Wildman–Crippen LogP) is 3.71. The summed E-state index contributed by atoms with van der Waals surface area (Å²) in [6.45, 7) is 15.1. The van der Waals surface area contributed by atoms with Crippen LogP contribution in [-0.4, -0.2) is 33.8 Å². The zero-order valence-electron chi connectivity index (χ0n) is 17.5. The number of aromatic nitrogens is 3. The topological polar surface area (TPSA) is 67.1 Å². The molecule has 0 saturated heterocycles. The Morgan fingerprint density at radius 2 is 1.96 bits per heavy atom. The first-order chi connectivity index (χ1) is 12.2. The zero-order chi connectivity index (χ0) is 19.3. The maximum absolute atomic E-state index is 4.75. The van der Waals surface area contributed by atoms with Gasteiger partial charge in [0.05, 0.1) is 22.9 Å². The normalized spacial score (nSPS) is 12.0. The van der Waals surface area contributed by atoms with Crippen LogP contribution in [0.15, 0.2) is 10.4 Å². The fraction of sp³-hybridized carbons (Fsp3) is 0.632. The van der Waals surface area contributed by atoms with Crippen molar-refractivity contribution in [1.82, 2.24) is 25.4 Å². The first-order valence-corrected chi connectivity index (χ1v) is 10.1. The van der Waals surface area contributed by atoms with Crippen molar-refractivity contribution >= 4 is 41.3 Å². The van der Waals surface area contributed by atoms with E-state index >= 15 is 0 Å². The van der Waals surface area contributed by atoms with Gasteiger partial charge in [0.25, 0.3) is 0 Å². The number of nitrogens with zero attached hydrogens (tertiary/aromatic N) is 4. The molecule has 2 aromatic heterocycles. The summed E-state index contributed by atoms with van der Waals surface area (Å²) in [6, 6.07) is 0. The average Bonchev–Trinajstić information content (AvgIpc) is 3.11. The maximum atomic E-state index is 4.75. The number of hydrogen-bond donors (Lipinski definition) is 2. The number of aliphatic imine (C=N–C) groups is 1. The molecule has 0 radical (unpaired) electrons. The van der Waals surface area contributed by atoms with Crippen LogP contribution in [0, 0.1) is 13.8 Å². The summed E-state index contributed by atoms with van der Waals surface area (Å²) in [4.78, 5) is 9.47. The fourth-order valence-electron chi connectivity index (χ4n) is 2.60. The summed E-state index contributed by atoms with van der Waals surface area (Å²) in [5.74, 6) is 0.836. The fourth-order valence-corrected chi connectivity index (χ4v) is 3.63. The minimum atomic E-state index is 0. The second-order valence-corrected chi connectivity index (χ2v) is 8.46. The molecule has 0 aliphatic rings. The molecule has 2 aromatic rings. The summed E-state index contributed by atoms with van der Waals surface area (Å²) in [5.41, 5.74) is 4.68. The Morgan fingerprint density at radius 1 is 1.26 bits per heavy atom. The van der Waals surface area contributed by atoms with Gasteiger partial charge in [-0.25, -0.2) is 9.98 Å². The maximum Gasteiger partial charge on any atom is 0.191 e. The molecular weight excluding hydrogens is 471 g/mol. The smallest absolute Gasteiger partial charge is 0.191 e. The molecule has 2 rings (SSSR count). The van der Waals surface area contributed by atoms with Gasteiger partial charge in [0.1, 0.15) is 0 Å². The van der Waals surface area contributed by atoms with Crippen LogP contribution in [0.25, 0.3) is 0 Å². The van der Waals surface area contributed by atoms with Crippen molar-refractivity contribution in [1.29, 1.82) is 0 Å². The lowest BCUT2D eigenvalue weighted by molar-refractivity contribution is 0.570. The third-order valence-electron chi connectivity index (χ3n) is 4.35. The minimum absolute atomic E-state index is 0. The highest BCUT2D eigenvalue weighted by atomic mass is 127. The van der Waals surface area contributed by atoms with Gasteiger partial charge < -0.3 is 10.6 Å². The van der Waals surface area contributed by atoms with Crippen LogP contribution >= 0.6 is 35.3 Å². The van der Waals surface area contributed by atoms with E-state index < -0.39 is 0 Å². The number of halogens is 1. The van der Waals surface area contributed by atoms with Gasteiger partial charge in [-0.15, -0.1) is 35.3 Å². The summed E-state index contributed by atoms with van der Waals surface area (Å²) in [6.07, 6.45) is 0.899. The number of rotatable bonds is 6. The molecule has 2 N–H and O–H groups in total. The Balaban J connectivity index is 0.00000364. The molecular formula is C19H33IN6S. The molecule has 0 aromatic carbocycles. The third-order valence-corrected chi connectivity index (χ3v) is 5.26. The highest BCUT2D eigenvalue weighted by Gasteiger charge is 2.17. The quantitative estimate of drug-likeness (QED) is 0.358. The van der Waals surface area contributed by atoms with E-state index in [1.165, 1.54) is 17.0 Å². The summed E-state index contributed by atoms with van der Waals surface area (Å²) < 4.78 is 1.91. The molecule has 6 nitrogen and oxygen atoms in total. The third kappa shape index (κ3) is 6.74. The van der Waals surface area contributed by atoms with Crippen molar-refractivity contribution in [2.75, 3.05) is 13.1 Å². The number of aryl methyl sites for hydroxylation is 2. The number of thiazole rings is 1. The van der Waals surface area contributed by atoms with E-state index in [4.69, 9.17) is 9.98 Å². The van der Waals surface area contributed by atoms with E-state index in [1.807, 2.05) is 18.7 Å². The summed E-state index contributed by atoms with van der Waals surface area (Å²) >= 11 is 1.74. The molecule has 0 spiro atoms. The van der Waals surface area contributed by atoms with Crippen LogP contribution in [0.1, 0.15) is 55.3 Å². The number of nitrogens with one attached hydrogen (secondary N) is 2. The first kappa shape index (κ1) is 23.9. The van der Waals surface area contributed by atoms with Crippen LogP contribution in [-0.2, 0) is 25.4 Å². The van der Waals surface area contributed by atoms with Gasteiger partial charge >= 0.3 is 0 Å². The van der Waals surface area contributed by atoms with Gasteiger partial charge in [-0.05, 0) is 20.8 Å². The zero-order valence-corrected chi connectivity index (χ0v) is 20.7. The average molecular weight is 504 g/mol. The first-order valence-electron chi connectivity index (χ1n) is 9.18. The molecule has 0 saturated carbocycles. The van der Waals surface area contributed by atoms with E-state index in [0.29, 0.717) is 6.54 Å². The lowest BCUT2D eigenvalue weighted by atomic mass is 9.93. The SMILES string of the molecule is CCNC(=NCc1c(C)nn(C)c1C)NCCc1nc(C(C)(C)C)cs1.I. The van der Waals surface area contributed by atoms with Gasteiger partial charge in [0.2, 0.25) is 0 Å². The lowest BCUT2D eigenvalue weighted by Crippen LogP contribution is -2.38. The molecule has 0 atom stereocenters. The molecule has 8 heteroatoms. The molecule has 0 unspecified atom stereocenters. The molecule has 0 amide bonds. The highest BCUT2D eigenvalue weighted by Crippen LogP contribution is 2.23. The van der Waals surface area contributed by atoms with E-state index in [1.54, 1.807) is 11.3 Å². The van der Waals surface area contributed by atoms with Gasteiger partial charge in [-0.1, -0.05) is 20.8 Å². The van der Waals surface area contributed by atoms with Crippen molar-refractivity contribution in [3.8, 4) is 0 Å². The Morgan fingerprint density at radius 3 is 2.48 bits per heavy atom. The van der Waals surface area contributed by atoms with E-state index in [0.717, 1.165) is 36.2 Å². The monoisotopic (exact) mass is 504 g/mol. The van der Waals surface area contributed by atoms with Crippen LogP contribution in [0.3, 0.4) is 0 Å². The molecule has 2 heterocycles.